The molecular weight excluding hydrogens is 368 g/mol. The van der Waals surface area contributed by atoms with E-state index in [0.717, 1.165) is 21.0 Å². The lowest BCUT2D eigenvalue weighted by atomic mass is 10.0. The Morgan fingerprint density at radius 3 is 2.58 bits per heavy atom. The van der Waals surface area contributed by atoms with E-state index >= 15 is 0 Å². The number of hydrogen-bond donors (Lipinski definition) is 1. The Bertz CT molecular complexity index is 1010. The van der Waals surface area contributed by atoms with Gasteiger partial charge in [0.1, 0.15) is 10.8 Å². The first kappa shape index (κ1) is 18.8. The van der Waals surface area contributed by atoms with Gasteiger partial charge in [-0.2, -0.15) is 4.72 Å². The van der Waals surface area contributed by atoms with Crippen molar-refractivity contribution in [1.82, 2.24) is 9.71 Å². The molecular formula is C19H24N2O3S2. The fourth-order valence-corrected chi connectivity index (χ4v) is 5.32. The predicted molar refractivity (Wildman–Crippen MR) is 107 cm³/mol. The molecule has 0 aliphatic carbocycles. The maximum absolute atomic E-state index is 12.8. The highest BCUT2D eigenvalue weighted by Crippen LogP contribution is 2.35. The molecule has 3 rings (SSSR count). The molecule has 0 aliphatic heterocycles. The number of thiazole rings is 1. The molecule has 5 nitrogen and oxygen atoms in total. The van der Waals surface area contributed by atoms with Crippen molar-refractivity contribution in [3.8, 4) is 5.75 Å². The van der Waals surface area contributed by atoms with Crippen LogP contribution >= 0.6 is 11.3 Å². The van der Waals surface area contributed by atoms with Crippen molar-refractivity contribution in [2.75, 3.05) is 6.61 Å². The van der Waals surface area contributed by atoms with Gasteiger partial charge in [0, 0.05) is 1.43 Å². The third-order valence-electron chi connectivity index (χ3n) is 4.26. The van der Waals surface area contributed by atoms with Gasteiger partial charge in [-0.25, -0.2) is 13.4 Å². The van der Waals surface area contributed by atoms with Crippen LogP contribution in [-0.4, -0.2) is 20.0 Å². The topological polar surface area (TPSA) is 68.3 Å². The Hall–Kier alpha value is -1.96. The molecule has 0 bridgehead atoms. The molecule has 1 unspecified atom stereocenters. The van der Waals surface area contributed by atoms with E-state index in [1.165, 1.54) is 11.3 Å². The fourth-order valence-electron chi connectivity index (χ4n) is 2.62. The van der Waals surface area contributed by atoms with Gasteiger partial charge in [-0.05, 0) is 50.6 Å². The smallest absolute Gasteiger partial charge is 0.241 e. The molecule has 0 radical (unpaired) electrons. The second-order valence-electron chi connectivity index (χ2n) is 6.19. The van der Waals surface area contributed by atoms with Crippen molar-refractivity contribution < 1.29 is 14.6 Å². The Morgan fingerprint density at radius 1 is 1.19 bits per heavy atom. The Morgan fingerprint density at radius 2 is 1.92 bits per heavy atom. The average Bonchev–Trinajstić information content (AvgIpc) is 3.06. The minimum Gasteiger partial charge on any atom is -0.494 e. The number of nitrogens with zero attached hydrogens (tertiary/aromatic N) is 1. The summed E-state index contributed by atoms with van der Waals surface area (Å²) >= 11 is 1.49. The summed E-state index contributed by atoms with van der Waals surface area (Å²) < 4.78 is 34.9. The average molecular weight is 393 g/mol. The molecule has 0 saturated heterocycles. The van der Waals surface area contributed by atoms with Gasteiger partial charge in [-0.3, -0.25) is 0 Å². The lowest BCUT2D eigenvalue weighted by molar-refractivity contribution is 0.341. The second kappa shape index (κ2) is 7.34. The van der Waals surface area contributed by atoms with E-state index in [2.05, 4.69) is 9.71 Å². The molecule has 7 heteroatoms. The quantitative estimate of drug-likeness (QED) is 0.641. The van der Waals surface area contributed by atoms with E-state index in [1.807, 2.05) is 39.0 Å². The van der Waals surface area contributed by atoms with Crippen LogP contribution in [0.25, 0.3) is 10.2 Å². The molecule has 0 saturated carbocycles. The highest BCUT2D eigenvalue weighted by Gasteiger charge is 2.33. The zero-order chi connectivity index (χ0) is 18.8. The van der Waals surface area contributed by atoms with Crippen molar-refractivity contribution >= 4 is 31.6 Å². The molecule has 140 valence electrons. The highest BCUT2D eigenvalue weighted by atomic mass is 32.2. The molecule has 0 spiro atoms. The van der Waals surface area contributed by atoms with Crippen molar-refractivity contribution in [2.45, 2.75) is 37.6 Å². The van der Waals surface area contributed by atoms with Gasteiger partial charge in [0.05, 0.1) is 27.3 Å². The monoisotopic (exact) mass is 392 g/mol. The van der Waals surface area contributed by atoms with Crippen LogP contribution in [0.3, 0.4) is 0 Å². The Kier molecular flexibility index (Phi) is 5.32. The van der Waals surface area contributed by atoms with Crippen molar-refractivity contribution in [3.05, 3.63) is 53.5 Å². The van der Waals surface area contributed by atoms with E-state index < -0.39 is 15.6 Å². The molecule has 2 aromatic carbocycles. The minimum absolute atomic E-state index is 0. The number of nitrogens with one attached hydrogen (secondary N) is 1. The summed E-state index contributed by atoms with van der Waals surface area (Å²) in [5.41, 5.74) is 0.0523. The number of hydrogen-bond acceptors (Lipinski definition) is 5. The van der Waals surface area contributed by atoms with Crippen LogP contribution in [0, 0.1) is 0 Å². The fraction of sp³-hybridized carbons (Fsp3) is 0.316. The Labute approximate surface area is 159 Å². The first-order valence-corrected chi connectivity index (χ1v) is 10.8. The number of aromatic nitrogens is 1. The summed E-state index contributed by atoms with van der Waals surface area (Å²) in [5, 5.41) is 0.739. The van der Waals surface area contributed by atoms with E-state index in [4.69, 9.17) is 4.74 Å². The maximum atomic E-state index is 12.8. The van der Waals surface area contributed by atoms with Gasteiger partial charge in [0.25, 0.3) is 0 Å². The summed E-state index contributed by atoms with van der Waals surface area (Å²) in [6.07, 6.45) is 0.581. The molecule has 26 heavy (non-hydrogen) atoms. The third-order valence-corrected chi connectivity index (χ3v) is 7.16. The molecule has 1 N–H and O–H groups in total. The van der Waals surface area contributed by atoms with Gasteiger partial charge < -0.3 is 4.74 Å². The van der Waals surface area contributed by atoms with Crippen LogP contribution in [0.5, 0.6) is 5.75 Å². The van der Waals surface area contributed by atoms with Crippen molar-refractivity contribution in [2.24, 2.45) is 0 Å². The van der Waals surface area contributed by atoms with Gasteiger partial charge in [0.15, 0.2) is 0 Å². The van der Waals surface area contributed by atoms with Crippen molar-refractivity contribution in [1.29, 1.82) is 0 Å². The largest absolute Gasteiger partial charge is 0.494 e. The molecule has 1 aromatic heterocycles. The van der Waals surface area contributed by atoms with Crippen molar-refractivity contribution in [3.63, 3.8) is 0 Å². The van der Waals surface area contributed by atoms with Crippen LogP contribution in [-0.2, 0) is 15.6 Å². The maximum Gasteiger partial charge on any atom is 0.241 e. The number of benzene rings is 2. The Balaban J connectivity index is 0.00000261. The molecule has 1 heterocycles. The van der Waals surface area contributed by atoms with Crippen LogP contribution in [0.4, 0.5) is 0 Å². The van der Waals surface area contributed by atoms with E-state index in [9.17, 15) is 8.42 Å². The summed E-state index contributed by atoms with van der Waals surface area (Å²) in [4.78, 5) is 4.92. The SMILES string of the molecule is CCOc1ccc2nc(C(C)(CC)NS(=O)(=O)c3ccccc3)sc2c1.[HH]. The van der Waals surface area contributed by atoms with Crippen LogP contribution < -0.4 is 9.46 Å². The summed E-state index contributed by atoms with van der Waals surface area (Å²) in [6.45, 7) is 6.36. The zero-order valence-electron chi connectivity index (χ0n) is 15.0. The van der Waals surface area contributed by atoms with Crippen LogP contribution in [0.1, 0.15) is 33.6 Å². The first-order valence-electron chi connectivity index (χ1n) is 8.51. The van der Waals surface area contributed by atoms with Gasteiger partial charge >= 0.3 is 0 Å². The molecule has 1 atom stereocenters. The van der Waals surface area contributed by atoms with Gasteiger partial charge in [-0.15, -0.1) is 11.3 Å². The minimum atomic E-state index is -3.64. The summed E-state index contributed by atoms with van der Waals surface area (Å²) in [7, 11) is -3.64. The van der Waals surface area contributed by atoms with Gasteiger partial charge in [0.2, 0.25) is 10.0 Å². The number of fused-ring (bicyclic) bond motifs is 1. The first-order chi connectivity index (χ1) is 12.4. The number of sulfonamides is 1. The van der Waals surface area contributed by atoms with Crippen LogP contribution in [0.2, 0.25) is 0 Å². The predicted octanol–water partition coefficient (Wildman–Crippen LogP) is 4.54. The highest BCUT2D eigenvalue weighted by molar-refractivity contribution is 7.89. The summed E-state index contributed by atoms with van der Waals surface area (Å²) in [5.74, 6) is 0.790. The van der Waals surface area contributed by atoms with E-state index in [-0.39, 0.29) is 6.32 Å². The third kappa shape index (κ3) is 3.75. The number of ether oxygens (including phenoxy) is 1. The summed E-state index contributed by atoms with van der Waals surface area (Å²) in [6, 6.07) is 14.1. The van der Waals surface area contributed by atoms with E-state index in [1.54, 1.807) is 30.3 Å². The molecule has 0 fully saturated rings. The van der Waals surface area contributed by atoms with Crippen LogP contribution in [0.15, 0.2) is 53.4 Å². The van der Waals surface area contributed by atoms with E-state index in [0.29, 0.717) is 13.0 Å². The second-order valence-corrected chi connectivity index (χ2v) is 8.90. The standard InChI is InChI=1S/C19H22N2O3S2.H2/c1-4-19(3,21-26(22,23)15-9-7-6-8-10-15)18-20-16-12-11-14(24-5-2)13-17(16)25-18;/h6-13,21H,4-5H2,1-3H3;1H. The molecule has 0 aliphatic rings. The lowest BCUT2D eigenvalue weighted by Crippen LogP contribution is -2.42. The zero-order valence-corrected chi connectivity index (χ0v) is 16.7. The number of rotatable bonds is 7. The molecule has 3 aromatic rings. The lowest BCUT2D eigenvalue weighted by Gasteiger charge is -2.27. The molecule has 0 amide bonds. The van der Waals surface area contributed by atoms with Gasteiger partial charge in [-0.1, -0.05) is 25.1 Å². The normalized spacial score (nSPS) is 14.3.